The highest BCUT2D eigenvalue weighted by Crippen LogP contribution is 2.48. The largest absolute Gasteiger partial charge is 0.461 e. The van der Waals surface area contributed by atoms with Crippen molar-refractivity contribution in [2.24, 2.45) is 23.7 Å². The number of aromatic nitrogens is 4. The maximum Gasteiger partial charge on any atom is 0.309 e. The lowest BCUT2D eigenvalue weighted by molar-refractivity contribution is -0.152. The summed E-state index contributed by atoms with van der Waals surface area (Å²) >= 11 is 0. The summed E-state index contributed by atoms with van der Waals surface area (Å²) in [6.07, 6.45) is 6.92. The van der Waals surface area contributed by atoms with E-state index < -0.39 is 5.91 Å². The zero-order valence-electron chi connectivity index (χ0n) is 25.0. The molecule has 0 spiro atoms. The van der Waals surface area contributed by atoms with Crippen LogP contribution < -0.4 is 10.6 Å². The van der Waals surface area contributed by atoms with Crippen LogP contribution in [0.25, 0.3) is 5.78 Å². The van der Waals surface area contributed by atoms with Gasteiger partial charge in [-0.25, -0.2) is 4.98 Å². The van der Waals surface area contributed by atoms with Gasteiger partial charge in [-0.15, -0.1) is 0 Å². The number of esters is 1. The molecule has 1 aromatic carbocycles. The Morgan fingerprint density at radius 3 is 2.75 bits per heavy atom. The first-order chi connectivity index (χ1) is 21.2. The summed E-state index contributed by atoms with van der Waals surface area (Å²) < 4.78 is 6.67. The van der Waals surface area contributed by atoms with E-state index >= 15 is 0 Å². The van der Waals surface area contributed by atoms with E-state index in [9.17, 15) is 19.2 Å². The van der Waals surface area contributed by atoms with E-state index in [2.05, 4.69) is 39.2 Å². The molecule has 6 rings (SSSR count). The average Bonchev–Trinajstić information content (AvgIpc) is 3.68. The monoisotopic (exact) mass is 599 g/mol. The molecule has 44 heavy (non-hydrogen) atoms. The fraction of sp³-hybridized carbons (Fsp3) is 0.469. The number of carbonyl (C=O) groups excluding carboxylic acids is 4. The molecule has 2 aromatic heterocycles. The summed E-state index contributed by atoms with van der Waals surface area (Å²) in [5.41, 5.74) is 2.65. The van der Waals surface area contributed by atoms with Gasteiger partial charge in [-0.05, 0) is 67.1 Å². The Morgan fingerprint density at radius 1 is 1.11 bits per heavy atom. The standard InChI is InChI=1S/C32H37N7O5/c1-4-13-44-31(43)22-7-8-23-21(18(22)2)9-10-25(23)36-29(41)27-15-26(37-32-34-17-35-39(27)32)28(40)33-16-19-5-6-20-11-12-38(3)30(42)24(20)14-19/h4-6,14-15,17-18,21-23,25H,1,7-13,16H2,2-3H3,(H,33,40)(H,36,41)/t18?,21?,22?,23-,25+/m1/s1. The third-order valence-corrected chi connectivity index (χ3v) is 9.60. The first-order valence-electron chi connectivity index (χ1n) is 15.2. The molecule has 0 radical (unpaired) electrons. The molecule has 3 amide bonds. The Labute approximate surface area is 255 Å². The highest BCUT2D eigenvalue weighted by molar-refractivity contribution is 5.98. The van der Waals surface area contributed by atoms with Crippen LogP contribution in [0.3, 0.4) is 0 Å². The normalized spacial score (nSPS) is 24.4. The van der Waals surface area contributed by atoms with Gasteiger partial charge >= 0.3 is 5.97 Å². The summed E-state index contributed by atoms with van der Waals surface area (Å²) in [4.78, 5) is 62.1. The van der Waals surface area contributed by atoms with Crippen LogP contribution in [-0.4, -0.2) is 74.4 Å². The number of ether oxygens (including phenoxy) is 1. The van der Waals surface area contributed by atoms with Crippen molar-refractivity contribution < 1.29 is 23.9 Å². The van der Waals surface area contributed by atoms with Crippen molar-refractivity contribution in [3.05, 3.63) is 71.3 Å². The molecule has 0 bridgehead atoms. The Bertz CT molecular complexity index is 1630. The lowest BCUT2D eigenvalue weighted by Crippen LogP contribution is -2.44. The Hall–Kier alpha value is -4.61. The topological polar surface area (TPSA) is 148 Å². The van der Waals surface area contributed by atoms with E-state index in [1.54, 1.807) is 18.0 Å². The van der Waals surface area contributed by atoms with Gasteiger partial charge in [0.1, 0.15) is 24.3 Å². The molecule has 12 heteroatoms. The number of hydrogen-bond acceptors (Lipinski definition) is 8. The second-order valence-electron chi connectivity index (χ2n) is 12.1. The van der Waals surface area contributed by atoms with Crippen molar-refractivity contribution in [1.82, 2.24) is 35.1 Å². The Balaban J connectivity index is 1.14. The molecule has 12 nitrogen and oxygen atoms in total. The minimum absolute atomic E-state index is 0.0314. The van der Waals surface area contributed by atoms with E-state index in [-0.39, 0.29) is 71.9 Å². The number of hydrogen-bond donors (Lipinski definition) is 2. The van der Waals surface area contributed by atoms with Crippen LogP contribution in [0.15, 0.2) is 43.2 Å². The van der Waals surface area contributed by atoms with Gasteiger partial charge in [0.2, 0.25) is 0 Å². The molecule has 2 N–H and O–H groups in total. The molecule has 2 saturated carbocycles. The van der Waals surface area contributed by atoms with Crippen molar-refractivity contribution in [1.29, 1.82) is 0 Å². The van der Waals surface area contributed by atoms with Gasteiger partial charge in [0.25, 0.3) is 23.5 Å². The number of rotatable bonds is 8. The number of likely N-dealkylation sites (N-methyl/N-ethyl adjacent to an activating group) is 1. The molecule has 3 aliphatic rings. The molecule has 2 aliphatic carbocycles. The van der Waals surface area contributed by atoms with Gasteiger partial charge in [-0.2, -0.15) is 14.6 Å². The molecule has 5 atom stereocenters. The maximum absolute atomic E-state index is 13.6. The van der Waals surface area contributed by atoms with Crippen LogP contribution in [0.5, 0.6) is 0 Å². The summed E-state index contributed by atoms with van der Waals surface area (Å²) in [5, 5.41) is 10.2. The molecular weight excluding hydrogens is 562 g/mol. The van der Waals surface area contributed by atoms with Crippen molar-refractivity contribution in [3.63, 3.8) is 0 Å². The first-order valence-corrected chi connectivity index (χ1v) is 15.2. The molecule has 2 fully saturated rings. The predicted molar refractivity (Wildman–Crippen MR) is 160 cm³/mol. The fourth-order valence-corrected chi connectivity index (χ4v) is 7.21. The number of fused-ring (bicyclic) bond motifs is 3. The number of benzene rings is 1. The Morgan fingerprint density at radius 2 is 1.93 bits per heavy atom. The van der Waals surface area contributed by atoms with Crippen LogP contribution in [-0.2, 0) is 22.5 Å². The van der Waals surface area contributed by atoms with Crippen molar-refractivity contribution >= 4 is 29.5 Å². The van der Waals surface area contributed by atoms with E-state index in [4.69, 9.17) is 4.74 Å². The minimum Gasteiger partial charge on any atom is -0.461 e. The zero-order chi connectivity index (χ0) is 31.0. The molecule has 1 aliphatic heterocycles. The third-order valence-electron chi connectivity index (χ3n) is 9.60. The number of carbonyl (C=O) groups is 4. The van der Waals surface area contributed by atoms with Gasteiger partial charge in [-0.3, -0.25) is 19.2 Å². The number of nitrogens with zero attached hydrogens (tertiary/aromatic N) is 5. The van der Waals surface area contributed by atoms with E-state index in [1.807, 2.05) is 18.2 Å². The molecule has 3 unspecified atom stereocenters. The predicted octanol–water partition coefficient (Wildman–Crippen LogP) is 2.58. The molecular formula is C32H37N7O5. The van der Waals surface area contributed by atoms with Gasteiger partial charge in [0.15, 0.2) is 0 Å². The van der Waals surface area contributed by atoms with Crippen LogP contribution in [0.2, 0.25) is 0 Å². The second-order valence-corrected chi connectivity index (χ2v) is 12.1. The maximum atomic E-state index is 13.6. The Kier molecular flexibility index (Phi) is 8.15. The van der Waals surface area contributed by atoms with E-state index in [0.717, 1.165) is 36.8 Å². The summed E-state index contributed by atoms with van der Waals surface area (Å²) in [7, 11) is 1.78. The van der Waals surface area contributed by atoms with Crippen LogP contribution in [0, 0.1) is 23.7 Å². The average molecular weight is 600 g/mol. The fourth-order valence-electron chi connectivity index (χ4n) is 7.21. The molecule has 230 valence electrons. The lowest BCUT2D eigenvalue weighted by atomic mass is 9.68. The zero-order valence-corrected chi connectivity index (χ0v) is 25.0. The minimum atomic E-state index is -0.470. The highest BCUT2D eigenvalue weighted by atomic mass is 16.5. The SMILES string of the molecule is C=CCOC(=O)C1CC[C@@H]2C(CC[C@@H]2NC(=O)c2cc(C(=O)NCc3ccc4c(c3)C(=O)N(C)CC4)nc3ncnn23)C1C. The van der Waals surface area contributed by atoms with Crippen LogP contribution in [0.4, 0.5) is 0 Å². The van der Waals surface area contributed by atoms with Crippen molar-refractivity contribution in [2.45, 2.75) is 51.6 Å². The highest BCUT2D eigenvalue weighted by Gasteiger charge is 2.47. The number of nitrogens with one attached hydrogen (secondary N) is 2. The van der Waals surface area contributed by atoms with Gasteiger partial charge in [0.05, 0.1) is 5.92 Å². The van der Waals surface area contributed by atoms with Crippen LogP contribution in [0.1, 0.15) is 75.1 Å². The lowest BCUT2D eigenvalue weighted by Gasteiger charge is -2.38. The summed E-state index contributed by atoms with van der Waals surface area (Å²) in [5.74, 6) is -0.339. The van der Waals surface area contributed by atoms with Crippen molar-refractivity contribution in [2.75, 3.05) is 20.2 Å². The molecule has 3 heterocycles. The molecule has 0 saturated heterocycles. The van der Waals surface area contributed by atoms with Gasteiger partial charge in [-0.1, -0.05) is 31.7 Å². The van der Waals surface area contributed by atoms with E-state index in [1.165, 1.54) is 16.9 Å². The van der Waals surface area contributed by atoms with Gasteiger partial charge in [0, 0.05) is 37.8 Å². The van der Waals surface area contributed by atoms with Crippen LogP contribution >= 0.6 is 0 Å². The van der Waals surface area contributed by atoms with Crippen molar-refractivity contribution in [3.8, 4) is 0 Å². The second kappa shape index (κ2) is 12.2. The van der Waals surface area contributed by atoms with E-state index in [0.29, 0.717) is 24.4 Å². The summed E-state index contributed by atoms with van der Waals surface area (Å²) in [6, 6.07) is 7.02. The molecule has 3 aromatic rings. The quantitative estimate of drug-likeness (QED) is 0.297. The first kappa shape index (κ1) is 29.5. The third kappa shape index (κ3) is 5.56. The van der Waals surface area contributed by atoms with Gasteiger partial charge < -0.3 is 20.3 Å². The summed E-state index contributed by atoms with van der Waals surface area (Å²) in [6.45, 7) is 6.81. The smallest absolute Gasteiger partial charge is 0.309 e. The number of amides is 3.